The first-order chi connectivity index (χ1) is 15.1. The summed E-state index contributed by atoms with van der Waals surface area (Å²) in [5.74, 6) is 0.881. The molecule has 10 nitrogen and oxygen atoms in total. The minimum absolute atomic E-state index is 0.0272. The van der Waals surface area contributed by atoms with Gasteiger partial charge in [0, 0.05) is 59.7 Å². The Hall–Kier alpha value is -2.50. The minimum Gasteiger partial charge on any atom is -0.348 e. The fraction of sp³-hybridized carbons (Fsp3) is 0.571. The van der Waals surface area contributed by atoms with E-state index in [1.807, 2.05) is 9.47 Å². The van der Waals surface area contributed by atoms with E-state index in [-0.39, 0.29) is 16.7 Å². The number of rotatable bonds is 8. The highest BCUT2D eigenvalue weighted by molar-refractivity contribution is 7.89. The van der Waals surface area contributed by atoms with E-state index in [2.05, 4.69) is 16.8 Å². The van der Waals surface area contributed by atoms with Crippen LogP contribution in [0.3, 0.4) is 0 Å². The number of aromatic nitrogens is 2. The molecule has 1 aromatic carbocycles. The third kappa shape index (κ3) is 5.64. The van der Waals surface area contributed by atoms with Crippen LogP contribution in [0.2, 0.25) is 0 Å². The van der Waals surface area contributed by atoms with Crippen molar-refractivity contribution in [2.24, 2.45) is 5.14 Å². The highest BCUT2D eigenvalue weighted by atomic mass is 32.2. The van der Waals surface area contributed by atoms with Gasteiger partial charge in [0.25, 0.3) is 0 Å². The summed E-state index contributed by atoms with van der Waals surface area (Å²) in [6, 6.07) is 4.69. The number of benzene rings is 1. The quantitative estimate of drug-likeness (QED) is 0.598. The number of carbonyl (C=O) groups excluding carboxylic acids is 2. The number of amides is 2. The topological polar surface area (TPSA) is 122 Å². The van der Waals surface area contributed by atoms with Gasteiger partial charge in [-0.25, -0.2) is 18.5 Å². The zero-order valence-corrected chi connectivity index (χ0v) is 19.8. The molecule has 0 atom stereocenters. The highest BCUT2D eigenvalue weighted by Gasteiger charge is 2.23. The fourth-order valence-corrected chi connectivity index (χ4v) is 4.40. The van der Waals surface area contributed by atoms with Gasteiger partial charge in [-0.3, -0.25) is 14.5 Å². The van der Waals surface area contributed by atoms with Crippen molar-refractivity contribution >= 4 is 32.9 Å². The second-order valence-corrected chi connectivity index (χ2v) is 9.88. The maximum Gasteiger partial charge on any atom is 0.238 e. The molecule has 2 heterocycles. The van der Waals surface area contributed by atoms with Crippen LogP contribution in [-0.4, -0.2) is 91.3 Å². The Balaban J connectivity index is 1.64. The maximum atomic E-state index is 12.8. The molecule has 1 aromatic heterocycles. The summed E-state index contributed by atoms with van der Waals surface area (Å²) < 4.78 is 25.4. The lowest BCUT2D eigenvalue weighted by atomic mass is 10.2. The third-order valence-electron chi connectivity index (χ3n) is 5.72. The summed E-state index contributed by atoms with van der Waals surface area (Å²) in [6.45, 7) is 5.71. The van der Waals surface area contributed by atoms with E-state index in [0.29, 0.717) is 51.1 Å². The Labute approximate surface area is 189 Å². The maximum absolute atomic E-state index is 12.8. The van der Waals surface area contributed by atoms with Gasteiger partial charge in [0.1, 0.15) is 5.82 Å². The second kappa shape index (κ2) is 9.97. The van der Waals surface area contributed by atoms with Crippen molar-refractivity contribution in [3.63, 3.8) is 0 Å². The molecule has 1 saturated heterocycles. The molecule has 0 saturated carbocycles. The third-order valence-corrected chi connectivity index (χ3v) is 6.63. The number of carbonyl (C=O) groups is 2. The van der Waals surface area contributed by atoms with Gasteiger partial charge in [0.2, 0.25) is 21.8 Å². The molecule has 0 bridgehead atoms. The van der Waals surface area contributed by atoms with E-state index in [1.165, 1.54) is 12.1 Å². The standard InChI is InChI=1S/C21H32N6O4S/c1-4-9-27-18-6-5-16(32(22,30)31)14-17(18)23-19(27)7-8-20(28)26-12-10-25(11-13-26)15-21(29)24(2)3/h5-6,14H,4,7-13,15H2,1-3H3,(H2,22,30,31). The lowest BCUT2D eigenvalue weighted by Gasteiger charge is -2.34. The summed E-state index contributed by atoms with van der Waals surface area (Å²) in [5.41, 5.74) is 1.40. The minimum atomic E-state index is -3.81. The summed E-state index contributed by atoms with van der Waals surface area (Å²) in [6.07, 6.45) is 1.68. The number of piperazine rings is 1. The molecular formula is C21H32N6O4S. The first-order valence-corrected chi connectivity index (χ1v) is 12.4. The Bertz CT molecular complexity index is 1090. The number of imidazole rings is 1. The van der Waals surface area contributed by atoms with E-state index in [9.17, 15) is 18.0 Å². The van der Waals surface area contributed by atoms with E-state index < -0.39 is 10.0 Å². The molecule has 0 aliphatic carbocycles. The van der Waals surface area contributed by atoms with Crippen LogP contribution in [0.1, 0.15) is 25.6 Å². The zero-order chi connectivity index (χ0) is 23.5. The van der Waals surface area contributed by atoms with Gasteiger partial charge < -0.3 is 14.4 Å². The van der Waals surface area contributed by atoms with Crippen molar-refractivity contribution < 1.29 is 18.0 Å². The SMILES string of the molecule is CCCn1c(CCC(=O)N2CCN(CC(=O)N(C)C)CC2)nc2cc(S(N)(=O)=O)ccc21. The van der Waals surface area contributed by atoms with Crippen molar-refractivity contribution in [1.29, 1.82) is 0 Å². The molecule has 2 N–H and O–H groups in total. The predicted molar refractivity (Wildman–Crippen MR) is 121 cm³/mol. The molecule has 0 unspecified atom stereocenters. The molecular weight excluding hydrogens is 432 g/mol. The lowest BCUT2D eigenvalue weighted by molar-refractivity contribution is -0.134. The number of nitrogens with zero attached hydrogens (tertiary/aromatic N) is 5. The van der Waals surface area contributed by atoms with Crippen LogP contribution in [0.4, 0.5) is 0 Å². The smallest absolute Gasteiger partial charge is 0.238 e. The summed E-state index contributed by atoms with van der Waals surface area (Å²) in [5, 5.41) is 5.25. The van der Waals surface area contributed by atoms with Crippen molar-refractivity contribution in [3.8, 4) is 0 Å². The van der Waals surface area contributed by atoms with Crippen LogP contribution in [0.5, 0.6) is 0 Å². The fourth-order valence-electron chi connectivity index (χ4n) is 3.87. The molecule has 2 amide bonds. The van der Waals surface area contributed by atoms with Crippen LogP contribution in [-0.2, 0) is 32.6 Å². The van der Waals surface area contributed by atoms with Gasteiger partial charge in [0.05, 0.1) is 22.5 Å². The number of sulfonamides is 1. The average molecular weight is 465 g/mol. The van der Waals surface area contributed by atoms with Gasteiger partial charge in [0.15, 0.2) is 0 Å². The second-order valence-electron chi connectivity index (χ2n) is 8.32. The van der Waals surface area contributed by atoms with Crippen molar-refractivity contribution in [1.82, 2.24) is 24.3 Å². The van der Waals surface area contributed by atoms with Crippen LogP contribution >= 0.6 is 0 Å². The van der Waals surface area contributed by atoms with E-state index >= 15 is 0 Å². The molecule has 3 rings (SSSR count). The van der Waals surface area contributed by atoms with E-state index in [1.54, 1.807) is 25.1 Å². The number of primary sulfonamides is 1. The molecule has 11 heteroatoms. The van der Waals surface area contributed by atoms with E-state index in [4.69, 9.17) is 5.14 Å². The van der Waals surface area contributed by atoms with E-state index in [0.717, 1.165) is 24.3 Å². The summed E-state index contributed by atoms with van der Waals surface area (Å²) in [4.78, 5) is 34.8. The van der Waals surface area contributed by atoms with Crippen molar-refractivity contribution in [2.75, 3.05) is 46.8 Å². The highest BCUT2D eigenvalue weighted by Crippen LogP contribution is 2.21. The number of likely N-dealkylation sites (N-methyl/N-ethyl adjacent to an activating group) is 1. The Morgan fingerprint density at radius 2 is 1.84 bits per heavy atom. The molecule has 32 heavy (non-hydrogen) atoms. The monoisotopic (exact) mass is 464 g/mol. The van der Waals surface area contributed by atoms with Crippen molar-refractivity contribution in [2.45, 2.75) is 37.6 Å². The van der Waals surface area contributed by atoms with Gasteiger partial charge in [-0.05, 0) is 24.6 Å². The molecule has 176 valence electrons. The normalized spacial score (nSPS) is 15.3. The Kier molecular flexibility index (Phi) is 7.52. The predicted octanol–water partition coefficient (Wildman–Crippen LogP) is 0.259. The zero-order valence-electron chi connectivity index (χ0n) is 19.0. The molecule has 1 aliphatic rings. The van der Waals surface area contributed by atoms with Gasteiger partial charge in [-0.15, -0.1) is 0 Å². The lowest BCUT2D eigenvalue weighted by Crippen LogP contribution is -2.51. The number of hydrogen-bond acceptors (Lipinski definition) is 6. The van der Waals surface area contributed by atoms with Crippen LogP contribution in [0.15, 0.2) is 23.1 Å². The molecule has 0 spiro atoms. The Morgan fingerprint density at radius 3 is 2.44 bits per heavy atom. The van der Waals surface area contributed by atoms with Gasteiger partial charge in [-0.2, -0.15) is 0 Å². The van der Waals surface area contributed by atoms with Crippen LogP contribution < -0.4 is 5.14 Å². The average Bonchev–Trinajstić information content (AvgIpc) is 3.09. The van der Waals surface area contributed by atoms with Crippen LogP contribution in [0.25, 0.3) is 11.0 Å². The Morgan fingerprint density at radius 1 is 1.16 bits per heavy atom. The van der Waals surface area contributed by atoms with Gasteiger partial charge in [-0.1, -0.05) is 6.92 Å². The number of nitrogens with two attached hydrogens (primary N) is 1. The number of aryl methyl sites for hydroxylation is 2. The number of fused-ring (bicyclic) bond motifs is 1. The molecule has 0 radical (unpaired) electrons. The molecule has 1 fully saturated rings. The first-order valence-electron chi connectivity index (χ1n) is 10.8. The number of hydrogen-bond donors (Lipinski definition) is 1. The first kappa shape index (κ1) is 24.1. The summed E-state index contributed by atoms with van der Waals surface area (Å²) in [7, 11) is -0.326. The molecule has 2 aromatic rings. The van der Waals surface area contributed by atoms with Crippen LogP contribution in [0, 0.1) is 0 Å². The molecule has 1 aliphatic heterocycles. The summed E-state index contributed by atoms with van der Waals surface area (Å²) >= 11 is 0. The van der Waals surface area contributed by atoms with Gasteiger partial charge >= 0.3 is 0 Å². The largest absolute Gasteiger partial charge is 0.348 e. The van der Waals surface area contributed by atoms with Crippen molar-refractivity contribution in [3.05, 3.63) is 24.0 Å².